The highest BCUT2D eigenvalue weighted by atomic mass is 32.2. The number of rotatable bonds is 6. The largest absolute Gasteiger partial charge is 0.377 e. The predicted molar refractivity (Wildman–Crippen MR) is 75.3 cm³/mol. The van der Waals surface area contributed by atoms with Gasteiger partial charge in [-0.2, -0.15) is 0 Å². The van der Waals surface area contributed by atoms with Crippen molar-refractivity contribution in [3.63, 3.8) is 0 Å². The van der Waals surface area contributed by atoms with Crippen LogP contribution in [0.3, 0.4) is 0 Å². The first kappa shape index (κ1) is 13.8. The van der Waals surface area contributed by atoms with Crippen LogP contribution in [-0.2, 0) is 11.3 Å². The molecule has 2 rings (SSSR count). The van der Waals surface area contributed by atoms with Gasteiger partial charge in [-0.3, -0.25) is 0 Å². The van der Waals surface area contributed by atoms with Gasteiger partial charge in [0.15, 0.2) is 5.82 Å². The smallest absolute Gasteiger partial charge is 0.157 e. The molecule has 2 aromatic rings. The number of methoxy groups -OCH3 is 1. The first-order valence-corrected chi connectivity index (χ1v) is 6.83. The molecule has 0 aliphatic carbocycles. The lowest BCUT2D eigenvalue weighted by Gasteiger charge is -2.07. The molecule has 0 saturated heterocycles. The summed E-state index contributed by atoms with van der Waals surface area (Å²) in [6.07, 6.45) is 1.77. The molecule has 0 spiro atoms. The quantitative estimate of drug-likeness (QED) is 0.818. The van der Waals surface area contributed by atoms with E-state index in [-0.39, 0.29) is 0 Å². The van der Waals surface area contributed by atoms with E-state index in [2.05, 4.69) is 20.3 Å². The number of nitrogens with zero attached hydrogens (tertiary/aromatic N) is 3. The minimum Gasteiger partial charge on any atom is -0.377 e. The van der Waals surface area contributed by atoms with E-state index in [9.17, 15) is 0 Å². The summed E-state index contributed by atoms with van der Waals surface area (Å²) in [7, 11) is 1.63. The fraction of sp³-hybridized carbons (Fsp3) is 0.308. The molecule has 0 saturated carbocycles. The molecule has 0 unspecified atom stereocenters. The Balaban J connectivity index is 2.23. The Kier molecular flexibility index (Phi) is 5.11. The van der Waals surface area contributed by atoms with E-state index < -0.39 is 0 Å². The molecular weight excluding hydrogens is 260 g/mol. The third-order valence-corrected chi connectivity index (χ3v) is 3.10. The zero-order valence-corrected chi connectivity index (χ0v) is 11.8. The van der Waals surface area contributed by atoms with Crippen molar-refractivity contribution in [1.82, 2.24) is 15.0 Å². The second-order valence-electron chi connectivity index (χ2n) is 3.74. The van der Waals surface area contributed by atoms with Gasteiger partial charge in [0.2, 0.25) is 0 Å². The second-order valence-corrected chi connectivity index (χ2v) is 4.78. The molecule has 2 heterocycles. The van der Waals surface area contributed by atoms with Crippen LogP contribution in [0.25, 0.3) is 0 Å². The zero-order valence-electron chi connectivity index (χ0n) is 11.0. The van der Waals surface area contributed by atoms with Crippen molar-refractivity contribution < 1.29 is 4.74 Å². The summed E-state index contributed by atoms with van der Waals surface area (Å²) in [5.41, 5.74) is 0. The fourth-order valence-corrected chi connectivity index (χ4v) is 2.30. The average molecular weight is 276 g/mol. The first-order valence-electron chi connectivity index (χ1n) is 6.01. The van der Waals surface area contributed by atoms with Crippen LogP contribution in [0.2, 0.25) is 0 Å². The normalized spacial score (nSPS) is 10.4. The van der Waals surface area contributed by atoms with Gasteiger partial charge in [-0.25, -0.2) is 15.0 Å². The summed E-state index contributed by atoms with van der Waals surface area (Å²) in [6.45, 7) is 3.25. The van der Waals surface area contributed by atoms with E-state index in [1.165, 1.54) is 11.8 Å². The molecule has 5 nitrogen and oxygen atoms in total. The Morgan fingerprint density at radius 2 is 2.16 bits per heavy atom. The van der Waals surface area contributed by atoms with Crippen LogP contribution >= 0.6 is 11.8 Å². The van der Waals surface area contributed by atoms with E-state index in [1.54, 1.807) is 13.3 Å². The summed E-state index contributed by atoms with van der Waals surface area (Å²) in [5.74, 6) is 1.47. The van der Waals surface area contributed by atoms with Crippen LogP contribution in [0.4, 0.5) is 5.82 Å². The highest BCUT2D eigenvalue weighted by Gasteiger charge is 2.06. The molecule has 1 N–H and O–H groups in total. The molecule has 100 valence electrons. The molecule has 0 amide bonds. The molecular formula is C13H16N4OS. The van der Waals surface area contributed by atoms with Gasteiger partial charge in [0, 0.05) is 25.9 Å². The summed E-state index contributed by atoms with van der Waals surface area (Å²) >= 11 is 1.51. The Morgan fingerprint density at radius 3 is 2.84 bits per heavy atom. The lowest BCUT2D eigenvalue weighted by molar-refractivity contribution is 0.177. The number of anilines is 1. The number of hydrogen-bond acceptors (Lipinski definition) is 6. The maximum absolute atomic E-state index is 5.09. The predicted octanol–water partition coefficient (Wildman–Crippen LogP) is 2.60. The molecule has 0 aromatic carbocycles. The minimum atomic E-state index is 0.398. The van der Waals surface area contributed by atoms with Gasteiger partial charge < -0.3 is 10.1 Å². The standard InChI is InChI=1S/C13H16N4OS/c1-3-14-10-8-13(17-11(16-10)9-18-2)19-12-6-4-5-7-15-12/h4-8H,3,9H2,1-2H3,(H,14,16,17). The monoisotopic (exact) mass is 276 g/mol. The van der Waals surface area contributed by atoms with Gasteiger partial charge in [-0.15, -0.1) is 0 Å². The zero-order chi connectivity index (χ0) is 13.5. The number of nitrogens with one attached hydrogen (secondary N) is 1. The first-order chi connectivity index (χ1) is 9.31. The van der Waals surface area contributed by atoms with E-state index in [0.717, 1.165) is 22.4 Å². The summed E-state index contributed by atoms with van der Waals surface area (Å²) in [5, 5.41) is 4.96. The van der Waals surface area contributed by atoms with Gasteiger partial charge in [0.1, 0.15) is 22.5 Å². The Bertz CT molecular complexity index is 497. The van der Waals surface area contributed by atoms with E-state index in [0.29, 0.717) is 12.4 Å². The van der Waals surface area contributed by atoms with Crippen molar-refractivity contribution in [3.8, 4) is 0 Å². The molecule has 2 aromatic heterocycles. The van der Waals surface area contributed by atoms with E-state index >= 15 is 0 Å². The molecule has 6 heteroatoms. The van der Waals surface area contributed by atoms with Gasteiger partial charge >= 0.3 is 0 Å². The van der Waals surface area contributed by atoms with Crippen LogP contribution in [0.15, 0.2) is 40.5 Å². The van der Waals surface area contributed by atoms with Gasteiger partial charge in [0.25, 0.3) is 0 Å². The van der Waals surface area contributed by atoms with Crippen molar-refractivity contribution >= 4 is 17.6 Å². The fourth-order valence-electron chi connectivity index (χ4n) is 1.50. The van der Waals surface area contributed by atoms with Crippen molar-refractivity contribution in [2.75, 3.05) is 19.0 Å². The third-order valence-electron chi connectivity index (χ3n) is 2.23. The Hall–Kier alpha value is -1.66. The number of pyridine rings is 1. The molecule has 0 radical (unpaired) electrons. The van der Waals surface area contributed by atoms with Gasteiger partial charge in [-0.05, 0) is 30.8 Å². The van der Waals surface area contributed by atoms with Crippen LogP contribution < -0.4 is 5.32 Å². The maximum Gasteiger partial charge on any atom is 0.157 e. The van der Waals surface area contributed by atoms with E-state index in [1.807, 2.05) is 31.2 Å². The molecule has 0 fully saturated rings. The van der Waals surface area contributed by atoms with Crippen molar-refractivity contribution in [2.24, 2.45) is 0 Å². The molecule has 0 bridgehead atoms. The Morgan fingerprint density at radius 1 is 1.26 bits per heavy atom. The average Bonchev–Trinajstić information content (AvgIpc) is 2.40. The SMILES string of the molecule is CCNc1cc(Sc2ccccn2)nc(COC)n1. The molecule has 0 aliphatic rings. The highest BCUT2D eigenvalue weighted by Crippen LogP contribution is 2.25. The van der Waals surface area contributed by atoms with Crippen LogP contribution in [0.5, 0.6) is 0 Å². The number of ether oxygens (including phenoxy) is 1. The van der Waals surface area contributed by atoms with Crippen molar-refractivity contribution in [3.05, 3.63) is 36.3 Å². The number of aromatic nitrogens is 3. The molecule has 19 heavy (non-hydrogen) atoms. The topological polar surface area (TPSA) is 59.9 Å². The third kappa shape index (κ3) is 4.18. The van der Waals surface area contributed by atoms with Crippen LogP contribution in [0.1, 0.15) is 12.7 Å². The minimum absolute atomic E-state index is 0.398. The van der Waals surface area contributed by atoms with Gasteiger partial charge in [0.05, 0.1) is 0 Å². The van der Waals surface area contributed by atoms with Crippen LogP contribution in [0, 0.1) is 0 Å². The summed E-state index contributed by atoms with van der Waals surface area (Å²) in [6, 6.07) is 7.72. The summed E-state index contributed by atoms with van der Waals surface area (Å²) < 4.78 is 5.09. The molecule has 0 atom stereocenters. The maximum atomic E-state index is 5.09. The Labute approximate surface area is 116 Å². The number of hydrogen-bond donors (Lipinski definition) is 1. The van der Waals surface area contributed by atoms with Crippen molar-refractivity contribution in [2.45, 2.75) is 23.6 Å². The second kappa shape index (κ2) is 7.06. The highest BCUT2D eigenvalue weighted by molar-refractivity contribution is 7.99. The van der Waals surface area contributed by atoms with Gasteiger partial charge in [-0.1, -0.05) is 6.07 Å². The lowest BCUT2D eigenvalue weighted by atomic mass is 10.5. The van der Waals surface area contributed by atoms with Crippen molar-refractivity contribution in [1.29, 1.82) is 0 Å². The molecule has 0 aliphatic heterocycles. The van der Waals surface area contributed by atoms with Crippen LogP contribution in [-0.4, -0.2) is 28.6 Å². The van der Waals surface area contributed by atoms with E-state index in [4.69, 9.17) is 4.74 Å². The lowest BCUT2D eigenvalue weighted by Crippen LogP contribution is -2.05. The summed E-state index contributed by atoms with van der Waals surface area (Å²) in [4.78, 5) is 13.1.